The van der Waals surface area contributed by atoms with Crippen LogP contribution in [0.25, 0.3) is 28.2 Å². The summed E-state index contributed by atoms with van der Waals surface area (Å²) in [5.74, 6) is 1.68. The van der Waals surface area contributed by atoms with Crippen molar-refractivity contribution in [2.75, 3.05) is 31.2 Å². The van der Waals surface area contributed by atoms with Gasteiger partial charge in [-0.1, -0.05) is 55.5 Å². The first-order chi connectivity index (χ1) is 17.7. The number of tetrazole rings is 1. The van der Waals surface area contributed by atoms with Gasteiger partial charge < -0.3 is 9.64 Å². The average Bonchev–Trinajstić information content (AvgIpc) is 3.58. The number of hydrogen-bond donors (Lipinski definition) is 1. The van der Waals surface area contributed by atoms with Gasteiger partial charge in [-0.2, -0.15) is 14.8 Å². The molecule has 0 unspecified atom stereocenters. The molecule has 9 nitrogen and oxygen atoms in total. The van der Waals surface area contributed by atoms with Crippen LogP contribution in [-0.2, 0) is 17.6 Å². The number of aryl methyl sites for hydroxylation is 2. The van der Waals surface area contributed by atoms with Gasteiger partial charge in [0.25, 0.3) is 0 Å². The lowest BCUT2D eigenvalue weighted by molar-refractivity contribution is 0.122. The highest BCUT2D eigenvalue weighted by Gasteiger charge is 2.21. The highest BCUT2D eigenvalue weighted by Crippen LogP contribution is 2.31. The van der Waals surface area contributed by atoms with E-state index in [0.29, 0.717) is 5.82 Å². The molecule has 0 saturated carbocycles. The van der Waals surface area contributed by atoms with Crippen molar-refractivity contribution in [3.05, 3.63) is 77.1 Å². The molecule has 1 N–H and O–H groups in total. The average molecular weight is 481 g/mol. The van der Waals surface area contributed by atoms with Crippen molar-refractivity contribution in [2.24, 2.45) is 0 Å². The summed E-state index contributed by atoms with van der Waals surface area (Å²) < 4.78 is 7.59. The van der Waals surface area contributed by atoms with Crippen LogP contribution in [-0.4, -0.2) is 61.5 Å². The fourth-order valence-corrected chi connectivity index (χ4v) is 4.90. The smallest absolute Gasteiger partial charge is 0.205 e. The van der Waals surface area contributed by atoms with Crippen molar-refractivity contribution >= 4 is 11.5 Å². The molecule has 0 aliphatic carbocycles. The largest absolute Gasteiger partial charge is 0.378 e. The van der Waals surface area contributed by atoms with Crippen LogP contribution in [0.4, 0.5) is 5.82 Å². The first-order valence-electron chi connectivity index (χ1n) is 12.3. The number of nitrogens with zero attached hydrogens (tertiary/aromatic N) is 7. The van der Waals surface area contributed by atoms with Gasteiger partial charge in [-0.25, -0.2) is 4.98 Å². The number of ether oxygens (including phenoxy) is 1. The molecule has 0 atom stereocenters. The second-order valence-electron chi connectivity index (χ2n) is 9.02. The number of benzene rings is 2. The molecule has 0 amide bonds. The molecule has 2 aromatic carbocycles. The summed E-state index contributed by atoms with van der Waals surface area (Å²) in [6.07, 6.45) is 1.63. The van der Waals surface area contributed by atoms with Crippen LogP contribution in [0.2, 0.25) is 0 Å². The van der Waals surface area contributed by atoms with Crippen LogP contribution < -0.4 is 4.90 Å². The minimum atomic E-state index is 0.589. The van der Waals surface area contributed by atoms with Gasteiger partial charge in [0.15, 0.2) is 5.65 Å². The molecule has 9 heteroatoms. The van der Waals surface area contributed by atoms with E-state index in [4.69, 9.17) is 14.8 Å². The van der Waals surface area contributed by atoms with Gasteiger partial charge in [0.05, 0.1) is 18.9 Å². The summed E-state index contributed by atoms with van der Waals surface area (Å²) >= 11 is 0. The Morgan fingerprint density at radius 2 is 1.78 bits per heavy atom. The summed E-state index contributed by atoms with van der Waals surface area (Å²) in [5.41, 5.74) is 8.58. The lowest BCUT2D eigenvalue weighted by Crippen LogP contribution is -2.37. The molecule has 182 valence electrons. The van der Waals surface area contributed by atoms with Crippen LogP contribution in [0.1, 0.15) is 29.4 Å². The molecule has 1 aliphatic heterocycles. The maximum atomic E-state index is 5.56. The van der Waals surface area contributed by atoms with Crippen molar-refractivity contribution in [1.82, 2.24) is 35.2 Å². The number of aromatic amines is 1. The zero-order valence-corrected chi connectivity index (χ0v) is 20.5. The monoisotopic (exact) mass is 480 g/mol. The normalized spacial score (nSPS) is 14.0. The van der Waals surface area contributed by atoms with E-state index in [-0.39, 0.29) is 0 Å². The number of H-pyrrole nitrogens is 1. The van der Waals surface area contributed by atoms with Crippen LogP contribution in [0.5, 0.6) is 0 Å². The van der Waals surface area contributed by atoms with Crippen LogP contribution in [0, 0.1) is 6.92 Å². The molecule has 6 rings (SSSR count). The predicted octanol–water partition coefficient (Wildman–Crippen LogP) is 3.87. The molecule has 3 aromatic heterocycles. The predicted molar refractivity (Wildman–Crippen MR) is 138 cm³/mol. The molecule has 5 aromatic rings. The third-order valence-electron chi connectivity index (χ3n) is 6.71. The fourth-order valence-electron chi connectivity index (χ4n) is 4.90. The molecule has 1 aliphatic rings. The number of fused-ring (bicyclic) bond motifs is 1. The minimum absolute atomic E-state index is 0.589. The number of morpholine rings is 1. The van der Waals surface area contributed by atoms with E-state index < -0.39 is 0 Å². The Balaban J connectivity index is 1.35. The van der Waals surface area contributed by atoms with Crippen LogP contribution >= 0.6 is 0 Å². The van der Waals surface area contributed by atoms with Crippen LogP contribution in [0.3, 0.4) is 0 Å². The number of nitrogens with one attached hydrogen (secondary N) is 1. The van der Waals surface area contributed by atoms with Gasteiger partial charge in [-0.15, -0.1) is 10.2 Å². The number of hydrogen-bond acceptors (Lipinski definition) is 7. The lowest BCUT2D eigenvalue weighted by atomic mass is 9.96. The molecular formula is C27H28N8O. The Morgan fingerprint density at radius 3 is 2.50 bits per heavy atom. The van der Waals surface area contributed by atoms with Crippen molar-refractivity contribution in [3.63, 3.8) is 0 Å². The number of aromatic nitrogens is 7. The zero-order chi connectivity index (χ0) is 24.5. The third kappa shape index (κ3) is 4.11. The first kappa shape index (κ1) is 22.4. The van der Waals surface area contributed by atoms with Gasteiger partial charge in [0.2, 0.25) is 5.82 Å². The summed E-state index contributed by atoms with van der Waals surface area (Å²) in [7, 11) is 0. The Bertz CT molecular complexity index is 1480. The number of rotatable bonds is 6. The minimum Gasteiger partial charge on any atom is -0.378 e. The Morgan fingerprint density at radius 1 is 1.00 bits per heavy atom. The highest BCUT2D eigenvalue weighted by molar-refractivity contribution is 5.80. The zero-order valence-electron chi connectivity index (χ0n) is 20.5. The van der Waals surface area contributed by atoms with E-state index >= 15 is 0 Å². The third-order valence-corrected chi connectivity index (χ3v) is 6.71. The van der Waals surface area contributed by atoms with E-state index in [1.54, 1.807) is 0 Å². The molecule has 4 heterocycles. The van der Waals surface area contributed by atoms with Gasteiger partial charge >= 0.3 is 0 Å². The van der Waals surface area contributed by atoms with Gasteiger partial charge in [-0.3, -0.25) is 0 Å². The summed E-state index contributed by atoms with van der Waals surface area (Å²) in [6.45, 7) is 7.41. The van der Waals surface area contributed by atoms with Crippen molar-refractivity contribution < 1.29 is 4.74 Å². The van der Waals surface area contributed by atoms with E-state index in [0.717, 1.165) is 78.7 Å². The Hall–Kier alpha value is -4.11. The molecule has 0 radical (unpaired) electrons. The maximum Gasteiger partial charge on any atom is 0.205 e. The van der Waals surface area contributed by atoms with Gasteiger partial charge in [0.1, 0.15) is 5.82 Å². The first-order valence-corrected chi connectivity index (χ1v) is 12.3. The van der Waals surface area contributed by atoms with E-state index in [9.17, 15) is 0 Å². The summed E-state index contributed by atoms with van der Waals surface area (Å²) in [4.78, 5) is 7.27. The Labute approximate surface area is 209 Å². The van der Waals surface area contributed by atoms with E-state index in [1.165, 1.54) is 11.1 Å². The van der Waals surface area contributed by atoms with Crippen molar-refractivity contribution in [2.45, 2.75) is 26.7 Å². The van der Waals surface area contributed by atoms with E-state index in [1.807, 2.05) is 22.7 Å². The van der Waals surface area contributed by atoms with E-state index in [2.05, 4.69) is 75.8 Å². The van der Waals surface area contributed by atoms with Crippen molar-refractivity contribution in [3.8, 4) is 22.5 Å². The second kappa shape index (κ2) is 9.50. The van der Waals surface area contributed by atoms with Crippen molar-refractivity contribution in [1.29, 1.82) is 0 Å². The highest BCUT2D eigenvalue weighted by atomic mass is 16.5. The lowest BCUT2D eigenvalue weighted by Gasteiger charge is -2.29. The van der Waals surface area contributed by atoms with Gasteiger partial charge in [-0.05, 0) is 35.2 Å². The number of anilines is 1. The fraction of sp³-hybridized carbons (Fsp3) is 0.296. The molecular weight excluding hydrogens is 452 g/mol. The topological polar surface area (TPSA) is 97.1 Å². The SMILES string of the molecule is CCc1nn2c(N3CCOCC3)cc(C)nc2c1Cc1ccc(-c2ccccc2-c2nn[nH]n2)cc1. The maximum absolute atomic E-state index is 5.56. The Kier molecular flexibility index (Phi) is 5.90. The summed E-state index contributed by atoms with van der Waals surface area (Å²) in [6, 6.07) is 18.9. The molecule has 0 bridgehead atoms. The molecule has 1 saturated heterocycles. The second-order valence-corrected chi connectivity index (χ2v) is 9.02. The molecule has 1 fully saturated rings. The van der Waals surface area contributed by atoms with Gasteiger partial charge in [0, 0.05) is 42.4 Å². The van der Waals surface area contributed by atoms with Crippen LogP contribution in [0.15, 0.2) is 54.6 Å². The quantitative estimate of drug-likeness (QED) is 0.394. The standard InChI is InChI=1S/C27H28N8O/c1-3-24-23(27-28-18(2)16-25(35(27)31-24)34-12-14-36-15-13-34)17-19-8-10-20(11-9-19)21-6-4-5-7-22(21)26-29-32-33-30-26/h4-11,16H,3,12-15,17H2,1-2H3,(H,29,30,32,33). The molecule has 36 heavy (non-hydrogen) atoms. The molecule has 0 spiro atoms. The summed E-state index contributed by atoms with van der Waals surface area (Å²) in [5, 5.41) is 19.6.